The van der Waals surface area contributed by atoms with Crippen LogP contribution in [0, 0.1) is 44.1 Å². The monoisotopic (exact) mass is 259 g/mol. The van der Waals surface area contributed by atoms with Gasteiger partial charge in [0.05, 0.1) is 0 Å². The highest BCUT2D eigenvalue weighted by atomic mass is 35.5. The minimum Gasteiger partial charge on any atom is -0.367 e. The maximum Gasteiger partial charge on any atom is 0.133 e. The van der Waals surface area contributed by atoms with Gasteiger partial charge in [-0.1, -0.05) is 23.7 Å². The molecule has 1 aliphatic rings. The average molecular weight is 260 g/mol. The zero-order valence-corrected chi connectivity index (χ0v) is 11.2. The van der Waals surface area contributed by atoms with Gasteiger partial charge in [-0.05, 0) is 63.1 Å². The van der Waals surface area contributed by atoms with Crippen LogP contribution in [0.2, 0.25) is 5.02 Å². The Hall–Kier alpha value is -0.530. The fourth-order valence-corrected chi connectivity index (χ4v) is 1.95. The van der Waals surface area contributed by atoms with Crippen LogP contribution in [0.3, 0.4) is 0 Å². The van der Waals surface area contributed by atoms with Crippen molar-refractivity contribution < 1.29 is 4.74 Å². The Morgan fingerprint density at radius 1 is 1.22 bits per heavy atom. The summed E-state index contributed by atoms with van der Waals surface area (Å²) in [5.74, 6) is 1.11. The van der Waals surface area contributed by atoms with Gasteiger partial charge in [0.1, 0.15) is 6.10 Å². The molecule has 1 fully saturated rings. The summed E-state index contributed by atoms with van der Waals surface area (Å²) in [6.45, 7) is 2.64. The zero-order valence-electron chi connectivity index (χ0n) is 10.4. The average Bonchev–Trinajstić information content (AvgIpc) is 2.66. The number of benzene rings is 1. The molecule has 0 aromatic heterocycles. The zero-order chi connectivity index (χ0) is 12.8. The maximum atomic E-state index is 5.92. The normalized spacial score (nSPS) is 17.9. The van der Waals surface area contributed by atoms with Crippen LogP contribution in [0.15, 0.2) is 24.3 Å². The van der Waals surface area contributed by atoms with E-state index in [2.05, 4.69) is 25.7 Å². The Bertz CT molecular complexity index is 339. The first-order valence-electron chi connectivity index (χ1n) is 6.10. The van der Waals surface area contributed by atoms with E-state index in [9.17, 15) is 0 Å². The summed E-state index contributed by atoms with van der Waals surface area (Å²) in [5.41, 5.74) is 1.05. The molecule has 0 bridgehead atoms. The van der Waals surface area contributed by atoms with Crippen LogP contribution < -0.4 is 0 Å². The van der Waals surface area contributed by atoms with Gasteiger partial charge in [0, 0.05) is 17.5 Å². The Labute approximate surface area is 115 Å². The Balaban J connectivity index is 2.12. The Kier molecular flexibility index (Phi) is 5.52. The van der Waals surface area contributed by atoms with Crippen LogP contribution in [-0.4, -0.2) is 6.61 Å². The first kappa shape index (κ1) is 13.9. The van der Waals surface area contributed by atoms with E-state index in [4.69, 9.17) is 16.3 Å². The third-order valence-corrected chi connectivity index (χ3v) is 2.91. The largest absolute Gasteiger partial charge is 0.367 e. The first-order valence-corrected chi connectivity index (χ1v) is 6.48. The van der Waals surface area contributed by atoms with E-state index in [1.807, 2.05) is 37.6 Å². The van der Waals surface area contributed by atoms with Gasteiger partial charge in [0.15, 0.2) is 0 Å². The summed E-state index contributed by atoms with van der Waals surface area (Å²) in [6.07, 6.45) is 12.3. The van der Waals surface area contributed by atoms with Gasteiger partial charge in [0.2, 0.25) is 0 Å². The topological polar surface area (TPSA) is 9.23 Å². The molecule has 2 rings (SSSR count). The third-order valence-electron chi connectivity index (χ3n) is 2.65. The molecule has 0 spiro atoms. The molecule has 1 saturated carbocycles. The number of hydrogen-bond donors (Lipinski definition) is 0. The fraction of sp³-hybridized carbons (Fsp3) is 0.188. The number of rotatable bonds is 4. The lowest BCUT2D eigenvalue weighted by Gasteiger charge is -2.24. The van der Waals surface area contributed by atoms with Gasteiger partial charge in [-0.3, -0.25) is 0 Å². The van der Waals surface area contributed by atoms with E-state index in [0.717, 1.165) is 29.0 Å². The highest BCUT2D eigenvalue weighted by Crippen LogP contribution is 2.35. The predicted octanol–water partition coefficient (Wildman–Crippen LogP) is 4.26. The highest BCUT2D eigenvalue weighted by molar-refractivity contribution is 6.30. The van der Waals surface area contributed by atoms with E-state index >= 15 is 0 Å². The molecule has 1 aromatic rings. The van der Waals surface area contributed by atoms with Crippen molar-refractivity contribution in [1.82, 2.24) is 0 Å². The van der Waals surface area contributed by atoms with Crippen LogP contribution >= 0.6 is 11.6 Å². The molecule has 0 saturated heterocycles. The molecule has 1 nitrogen and oxygen atoms in total. The van der Waals surface area contributed by atoms with E-state index in [1.54, 1.807) is 0 Å². The summed E-state index contributed by atoms with van der Waals surface area (Å²) in [6, 6.07) is 7.74. The molecule has 1 aliphatic carbocycles. The molecule has 93 valence electrons. The van der Waals surface area contributed by atoms with Crippen LogP contribution in [0.5, 0.6) is 0 Å². The van der Waals surface area contributed by atoms with Crippen molar-refractivity contribution in [2.45, 2.75) is 13.3 Å². The molecule has 2 heteroatoms. The van der Waals surface area contributed by atoms with Gasteiger partial charge >= 0.3 is 0 Å². The lowest BCUT2D eigenvalue weighted by Crippen LogP contribution is -2.16. The SMILES string of the molecule is CCO[C]([C]1[CH][CH][CH][CH]C[CH]1)c1ccc(Cl)cc1. The van der Waals surface area contributed by atoms with Crippen molar-refractivity contribution in [2.75, 3.05) is 6.61 Å². The number of ether oxygens (including phenoxy) is 1. The molecule has 0 aliphatic heterocycles. The van der Waals surface area contributed by atoms with E-state index in [0.29, 0.717) is 6.61 Å². The summed E-state index contributed by atoms with van der Waals surface area (Å²) >= 11 is 5.92. The van der Waals surface area contributed by atoms with Crippen molar-refractivity contribution in [3.05, 3.63) is 79.0 Å². The van der Waals surface area contributed by atoms with Crippen molar-refractivity contribution in [3.63, 3.8) is 0 Å². The van der Waals surface area contributed by atoms with Crippen LogP contribution in [0.4, 0.5) is 0 Å². The molecule has 0 N–H and O–H groups in total. The van der Waals surface area contributed by atoms with Crippen LogP contribution in [0.1, 0.15) is 18.9 Å². The van der Waals surface area contributed by atoms with E-state index in [1.165, 1.54) is 0 Å². The summed E-state index contributed by atoms with van der Waals surface area (Å²) in [5, 5.41) is 0.738. The molecule has 0 unspecified atom stereocenters. The minimum atomic E-state index is 0.649. The molecule has 18 heavy (non-hydrogen) atoms. The van der Waals surface area contributed by atoms with Gasteiger partial charge in [-0.2, -0.15) is 0 Å². The van der Waals surface area contributed by atoms with Crippen LogP contribution in [-0.2, 0) is 4.74 Å². The number of hydrogen-bond acceptors (Lipinski definition) is 1. The van der Waals surface area contributed by atoms with Gasteiger partial charge in [-0.15, -0.1) is 0 Å². The second kappa shape index (κ2) is 7.16. The van der Waals surface area contributed by atoms with Crippen LogP contribution in [0.25, 0.3) is 0 Å². The molecule has 0 heterocycles. The predicted molar refractivity (Wildman–Crippen MR) is 74.8 cm³/mol. The highest BCUT2D eigenvalue weighted by Gasteiger charge is 2.27. The van der Waals surface area contributed by atoms with E-state index < -0.39 is 0 Å². The smallest absolute Gasteiger partial charge is 0.133 e. The maximum absolute atomic E-state index is 5.92. The molecule has 7 radical (unpaired) electrons. The number of halogens is 1. The second-order valence-corrected chi connectivity index (χ2v) is 4.39. The third kappa shape index (κ3) is 3.73. The van der Waals surface area contributed by atoms with Crippen molar-refractivity contribution in [2.24, 2.45) is 0 Å². The lowest BCUT2D eigenvalue weighted by molar-refractivity contribution is 0.181. The Morgan fingerprint density at radius 3 is 2.72 bits per heavy atom. The van der Waals surface area contributed by atoms with Gasteiger partial charge in [-0.25, -0.2) is 0 Å². The lowest BCUT2D eigenvalue weighted by atomic mass is 9.89. The van der Waals surface area contributed by atoms with Gasteiger partial charge < -0.3 is 4.74 Å². The second-order valence-electron chi connectivity index (χ2n) is 3.95. The molecule has 0 atom stereocenters. The van der Waals surface area contributed by atoms with Gasteiger partial charge in [0.25, 0.3) is 0 Å². The summed E-state index contributed by atoms with van der Waals surface area (Å²) in [7, 11) is 0. The van der Waals surface area contributed by atoms with E-state index in [-0.39, 0.29) is 0 Å². The first-order chi connectivity index (χ1) is 8.81. The quantitative estimate of drug-likeness (QED) is 0.735. The standard InChI is InChI=1S/C16H16ClO/c1-2-18-16(13-7-5-3-4-6-8-13)14-9-11-15(17)12-10-14/h3-5,7-12H,2,6H2,1H3. The Morgan fingerprint density at radius 2 is 2.00 bits per heavy atom. The molecular weight excluding hydrogens is 244 g/mol. The molecule has 0 amide bonds. The van der Waals surface area contributed by atoms with Crippen molar-refractivity contribution in [3.8, 4) is 0 Å². The summed E-state index contributed by atoms with van der Waals surface area (Å²) in [4.78, 5) is 0. The minimum absolute atomic E-state index is 0.649. The molecule has 1 aromatic carbocycles. The fourth-order valence-electron chi connectivity index (χ4n) is 1.83. The summed E-state index contributed by atoms with van der Waals surface area (Å²) < 4.78 is 5.79. The molecular formula is C16H16ClO. The van der Waals surface area contributed by atoms with Crippen molar-refractivity contribution >= 4 is 11.6 Å². The van der Waals surface area contributed by atoms with Crippen molar-refractivity contribution in [1.29, 1.82) is 0 Å².